The second-order valence-electron chi connectivity index (χ2n) is 7.38. The summed E-state index contributed by atoms with van der Waals surface area (Å²) in [6.45, 7) is 3.15. The molecule has 0 aliphatic rings. The third kappa shape index (κ3) is 6.05. The Morgan fingerprint density at radius 3 is 2.38 bits per heavy atom. The van der Waals surface area contributed by atoms with Gasteiger partial charge in [0, 0.05) is 5.69 Å². The fraction of sp³-hybridized carbons (Fsp3) is 0.167. The van der Waals surface area contributed by atoms with Crippen LogP contribution in [0.15, 0.2) is 60.7 Å². The SMILES string of the molecule is Cc1ccc(Cl)c(OC(C)C(=O)Nc2ccc(NC(=O)c3ccccc3F)cc2C(F)(F)F)c1. The molecule has 1 unspecified atom stereocenters. The van der Waals surface area contributed by atoms with Crippen molar-refractivity contribution >= 4 is 34.8 Å². The summed E-state index contributed by atoms with van der Waals surface area (Å²) >= 11 is 6.04. The van der Waals surface area contributed by atoms with Crippen LogP contribution < -0.4 is 15.4 Å². The molecule has 0 saturated carbocycles. The number of rotatable bonds is 6. The van der Waals surface area contributed by atoms with E-state index < -0.39 is 41.2 Å². The van der Waals surface area contributed by atoms with Crippen molar-refractivity contribution in [2.24, 2.45) is 0 Å². The third-order valence-electron chi connectivity index (χ3n) is 4.72. The lowest BCUT2D eigenvalue weighted by atomic mass is 10.1. The molecule has 34 heavy (non-hydrogen) atoms. The number of carbonyl (C=O) groups is 2. The fourth-order valence-electron chi connectivity index (χ4n) is 2.99. The minimum absolute atomic E-state index is 0.214. The van der Waals surface area contributed by atoms with E-state index in [9.17, 15) is 27.2 Å². The number of aryl methyl sites for hydroxylation is 1. The molecule has 0 fully saturated rings. The first kappa shape index (κ1) is 25.0. The molecular weight excluding hydrogens is 476 g/mol. The van der Waals surface area contributed by atoms with Gasteiger partial charge in [0.2, 0.25) is 0 Å². The lowest BCUT2D eigenvalue weighted by Gasteiger charge is -2.19. The Balaban J connectivity index is 1.80. The van der Waals surface area contributed by atoms with Crippen LogP contribution in [-0.2, 0) is 11.0 Å². The minimum Gasteiger partial charge on any atom is -0.479 e. The van der Waals surface area contributed by atoms with Crippen LogP contribution in [0.2, 0.25) is 5.02 Å². The number of halogens is 5. The van der Waals surface area contributed by atoms with Crippen LogP contribution in [0.25, 0.3) is 0 Å². The zero-order valence-electron chi connectivity index (χ0n) is 18.0. The second-order valence-corrected chi connectivity index (χ2v) is 7.78. The molecule has 3 aromatic rings. The predicted octanol–water partition coefficient (Wildman–Crippen LogP) is 6.46. The van der Waals surface area contributed by atoms with Gasteiger partial charge >= 0.3 is 6.18 Å². The highest BCUT2D eigenvalue weighted by Gasteiger charge is 2.35. The van der Waals surface area contributed by atoms with Crippen molar-refractivity contribution < 1.29 is 31.9 Å². The quantitative estimate of drug-likeness (QED) is 0.386. The van der Waals surface area contributed by atoms with Gasteiger partial charge in [-0.1, -0.05) is 29.8 Å². The summed E-state index contributed by atoms with van der Waals surface area (Å²) in [7, 11) is 0. The lowest BCUT2D eigenvalue weighted by Crippen LogP contribution is -2.31. The number of benzene rings is 3. The van der Waals surface area contributed by atoms with Gasteiger partial charge in [0.05, 0.1) is 21.8 Å². The summed E-state index contributed by atoms with van der Waals surface area (Å²) in [6, 6.07) is 12.8. The molecule has 2 N–H and O–H groups in total. The number of ether oxygens (including phenoxy) is 1. The Bertz CT molecular complexity index is 1230. The maximum atomic E-state index is 13.8. The normalized spacial score (nSPS) is 12.1. The summed E-state index contributed by atoms with van der Waals surface area (Å²) in [4.78, 5) is 24.8. The number of amides is 2. The van der Waals surface area contributed by atoms with Crippen molar-refractivity contribution in [1.82, 2.24) is 0 Å². The number of hydrogen-bond donors (Lipinski definition) is 2. The van der Waals surface area contributed by atoms with Gasteiger partial charge in [-0.25, -0.2) is 4.39 Å². The van der Waals surface area contributed by atoms with Crippen molar-refractivity contribution in [3.63, 3.8) is 0 Å². The topological polar surface area (TPSA) is 67.4 Å². The van der Waals surface area contributed by atoms with Crippen molar-refractivity contribution in [2.45, 2.75) is 26.1 Å². The Morgan fingerprint density at radius 1 is 1.00 bits per heavy atom. The van der Waals surface area contributed by atoms with E-state index in [1.165, 1.54) is 25.1 Å². The molecule has 0 aliphatic heterocycles. The molecule has 1 atom stereocenters. The Hall–Kier alpha value is -3.59. The molecule has 0 aromatic heterocycles. The Kier molecular flexibility index (Phi) is 7.46. The van der Waals surface area contributed by atoms with Crippen molar-refractivity contribution in [1.29, 1.82) is 0 Å². The molecule has 0 heterocycles. The lowest BCUT2D eigenvalue weighted by molar-refractivity contribution is -0.137. The monoisotopic (exact) mass is 494 g/mol. The molecule has 3 aromatic carbocycles. The van der Waals surface area contributed by atoms with E-state index in [-0.39, 0.29) is 22.0 Å². The molecular formula is C24H19ClF4N2O3. The molecule has 3 rings (SSSR count). The van der Waals surface area contributed by atoms with E-state index in [0.29, 0.717) is 6.07 Å². The van der Waals surface area contributed by atoms with Crippen LogP contribution in [0.4, 0.5) is 28.9 Å². The van der Waals surface area contributed by atoms with Crippen LogP contribution in [-0.4, -0.2) is 17.9 Å². The van der Waals surface area contributed by atoms with Gasteiger partial charge in [-0.2, -0.15) is 13.2 Å². The number of alkyl halides is 3. The average Bonchev–Trinajstić information content (AvgIpc) is 2.76. The van der Waals surface area contributed by atoms with Gasteiger partial charge < -0.3 is 15.4 Å². The summed E-state index contributed by atoms with van der Waals surface area (Å²) < 4.78 is 60.3. The van der Waals surface area contributed by atoms with E-state index in [4.69, 9.17) is 16.3 Å². The van der Waals surface area contributed by atoms with Crippen LogP contribution in [0.3, 0.4) is 0 Å². The molecule has 0 radical (unpaired) electrons. The van der Waals surface area contributed by atoms with E-state index in [1.54, 1.807) is 25.1 Å². The molecule has 10 heteroatoms. The molecule has 178 valence electrons. The van der Waals surface area contributed by atoms with Gasteiger partial charge in [-0.05, 0) is 61.9 Å². The van der Waals surface area contributed by atoms with Crippen LogP contribution in [0, 0.1) is 12.7 Å². The zero-order chi connectivity index (χ0) is 25.0. The summed E-state index contributed by atoms with van der Waals surface area (Å²) in [5, 5.41) is 4.67. The maximum absolute atomic E-state index is 13.8. The molecule has 5 nitrogen and oxygen atoms in total. The van der Waals surface area contributed by atoms with E-state index in [2.05, 4.69) is 10.6 Å². The second kappa shape index (κ2) is 10.1. The Morgan fingerprint density at radius 2 is 1.71 bits per heavy atom. The van der Waals surface area contributed by atoms with E-state index >= 15 is 0 Å². The minimum atomic E-state index is -4.86. The number of hydrogen-bond acceptors (Lipinski definition) is 3. The molecule has 0 saturated heterocycles. The van der Waals surface area contributed by atoms with Crippen LogP contribution in [0.1, 0.15) is 28.4 Å². The first-order chi connectivity index (χ1) is 16.0. The van der Waals surface area contributed by atoms with Gasteiger partial charge in [0.1, 0.15) is 11.6 Å². The molecule has 2 amide bonds. The average molecular weight is 495 g/mol. The Labute approximate surface area is 197 Å². The smallest absolute Gasteiger partial charge is 0.418 e. The highest BCUT2D eigenvalue weighted by molar-refractivity contribution is 6.32. The first-order valence-corrected chi connectivity index (χ1v) is 10.3. The molecule has 0 bridgehead atoms. The van der Waals surface area contributed by atoms with Gasteiger partial charge in [0.25, 0.3) is 11.8 Å². The molecule has 0 spiro atoms. The zero-order valence-corrected chi connectivity index (χ0v) is 18.7. The maximum Gasteiger partial charge on any atom is 0.418 e. The predicted molar refractivity (Wildman–Crippen MR) is 121 cm³/mol. The summed E-state index contributed by atoms with van der Waals surface area (Å²) in [6.07, 6.45) is -6.02. The van der Waals surface area contributed by atoms with Crippen molar-refractivity contribution in [2.75, 3.05) is 10.6 Å². The third-order valence-corrected chi connectivity index (χ3v) is 5.03. The number of nitrogens with one attached hydrogen (secondary N) is 2. The highest BCUT2D eigenvalue weighted by Crippen LogP contribution is 2.37. The fourth-order valence-corrected chi connectivity index (χ4v) is 3.15. The van der Waals surface area contributed by atoms with Gasteiger partial charge in [0.15, 0.2) is 6.10 Å². The molecule has 0 aliphatic carbocycles. The summed E-state index contributed by atoms with van der Waals surface area (Å²) in [5.41, 5.74) is -1.47. The van der Waals surface area contributed by atoms with E-state index in [0.717, 1.165) is 23.8 Å². The van der Waals surface area contributed by atoms with Crippen molar-refractivity contribution in [3.05, 3.63) is 88.2 Å². The highest BCUT2D eigenvalue weighted by atomic mass is 35.5. The first-order valence-electron chi connectivity index (χ1n) is 9.96. The standard InChI is InChI=1S/C24H19ClF4N2O3/c1-13-7-9-18(25)21(11-13)34-14(2)22(32)31-20-10-8-15(12-17(20)24(27,28)29)30-23(33)16-5-3-4-6-19(16)26/h3-12,14H,1-2H3,(H,30,33)(H,31,32). The van der Waals surface area contributed by atoms with Crippen molar-refractivity contribution in [3.8, 4) is 5.75 Å². The largest absolute Gasteiger partial charge is 0.479 e. The van der Waals surface area contributed by atoms with E-state index in [1.807, 2.05) is 0 Å². The van der Waals surface area contributed by atoms with Crippen LogP contribution in [0.5, 0.6) is 5.75 Å². The summed E-state index contributed by atoms with van der Waals surface area (Å²) in [5.74, 6) is -2.36. The van der Waals surface area contributed by atoms with Gasteiger partial charge in [-0.15, -0.1) is 0 Å². The van der Waals surface area contributed by atoms with Crippen LogP contribution >= 0.6 is 11.6 Å². The number of anilines is 2. The number of carbonyl (C=O) groups excluding carboxylic acids is 2. The van der Waals surface area contributed by atoms with Gasteiger partial charge in [-0.3, -0.25) is 9.59 Å².